The maximum Gasteiger partial charge on any atom is 0.164 e. The number of aromatic nitrogens is 1. The molecule has 3 nitrogen and oxygen atoms in total. The summed E-state index contributed by atoms with van der Waals surface area (Å²) >= 11 is 3.50. The predicted molar refractivity (Wildman–Crippen MR) is 107 cm³/mol. The lowest BCUT2D eigenvalue weighted by molar-refractivity contribution is 0.0952. The molecule has 4 heteroatoms. The molecule has 0 unspecified atom stereocenters. The minimum absolute atomic E-state index is 0.240. The number of carbonyl (C=O) groups excluding carboxylic acids is 1. The SMILES string of the molecule is COc1ccc(-n2c(-c3ccc(Br)cc3)cc3c2C[C@@H](C)CC3=O)cc1. The molecule has 0 N–H and O–H groups in total. The Morgan fingerprint density at radius 2 is 1.73 bits per heavy atom. The Hall–Kier alpha value is -2.33. The summed E-state index contributed by atoms with van der Waals surface area (Å²) in [7, 11) is 1.67. The summed E-state index contributed by atoms with van der Waals surface area (Å²) in [4.78, 5) is 12.6. The number of halogens is 1. The molecule has 1 aliphatic rings. The molecule has 3 aromatic rings. The van der Waals surface area contributed by atoms with Crippen LogP contribution in [-0.4, -0.2) is 17.5 Å². The van der Waals surface area contributed by atoms with E-state index in [-0.39, 0.29) is 5.78 Å². The zero-order valence-corrected chi connectivity index (χ0v) is 16.4. The smallest absolute Gasteiger partial charge is 0.164 e. The number of nitrogens with zero attached hydrogens (tertiary/aromatic N) is 1. The number of carbonyl (C=O) groups is 1. The lowest BCUT2D eigenvalue weighted by atomic mass is 9.88. The molecule has 0 radical (unpaired) electrons. The fourth-order valence-electron chi connectivity index (χ4n) is 3.68. The molecule has 0 bridgehead atoms. The predicted octanol–water partition coefficient (Wildman–Crippen LogP) is 5.68. The third-order valence-corrected chi connectivity index (χ3v) is 5.48. The summed E-state index contributed by atoms with van der Waals surface area (Å²) in [5.41, 5.74) is 5.16. The molecule has 1 aromatic heterocycles. The molecular formula is C22H20BrNO2. The van der Waals surface area contributed by atoms with Crippen molar-refractivity contribution in [2.24, 2.45) is 5.92 Å². The van der Waals surface area contributed by atoms with Crippen LogP contribution in [-0.2, 0) is 6.42 Å². The van der Waals surface area contributed by atoms with Gasteiger partial charge in [0.15, 0.2) is 5.78 Å². The van der Waals surface area contributed by atoms with Crippen LogP contribution in [0.5, 0.6) is 5.75 Å². The Balaban J connectivity index is 1.94. The van der Waals surface area contributed by atoms with E-state index >= 15 is 0 Å². The molecule has 0 aliphatic heterocycles. The van der Waals surface area contributed by atoms with E-state index in [1.165, 1.54) is 0 Å². The molecule has 1 aliphatic carbocycles. The van der Waals surface area contributed by atoms with E-state index in [4.69, 9.17) is 4.74 Å². The number of hydrogen-bond donors (Lipinski definition) is 0. The first kappa shape index (κ1) is 17.1. The first-order chi connectivity index (χ1) is 12.6. The minimum Gasteiger partial charge on any atom is -0.497 e. The summed E-state index contributed by atoms with van der Waals surface area (Å²) in [6, 6.07) is 18.3. The van der Waals surface area contributed by atoms with E-state index in [9.17, 15) is 4.79 Å². The van der Waals surface area contributed by atoms with Gasteiger partial charge in [-0.1, -0.05) is 35.0 Å². The third kappa shape index (κ3) is 2.99. The molecule has 0 spiro atoms. The average Bonchev–Trinajstić information content (AvgIpc) is 3.02. The largest absolute Gasteiger partial charge is 0.497 e. The second kappa shape index (κ2) is 6.76. The number of ketones is 1. The maximum atomic E-state index is 12.6. The number of fused-ring (bicyclic) bond motifs is 1. The molecule has 4 rings (SSSR count). The molecule has 132 valence electrons. The van der Waals surface area contributed by atoms with Crippen molar-refractivity contribution in [2.45, 2.75) is 19.8 Å². The van der Waals surface area contributed by atoms with Gasteiger partial charge in [-0.3, -0.25) is 4.79 Å². The van der Waals surface area contributed by atoms with Gasteiger partial charge in [-0.25, -0.2) is 0 Å². The van der Waals surface area contributed by atoms with Crippen molar-refractivity contribution in [3.05, 3.63) is 70.3 Å². The molecule has 0 amide bonds. The van der Waals surface area contributed by atoms with Gasteiger partial charge in [-0.05, 0) is 60.4 Å². The fourth-order valence-corrected chi connectivity index (χ4v) is 3.95. The monoisotopic (exact) mass is 409 g/mol. The third-order valence-electron chi connectivity index (χ3n) is 4.95. The van der Waals surface area contributed by atoms with Crippen LogP contribution < -0.4 is 4.74 Å². The van der Waals surface area contributed by atoms with Crippen molar-refractivity contribution >= 4 is 21.7 Å². The summed E-state index contributed by atoms with van der Waals surface area (Å²) in [5.74, 6) is 1.42. The molecule has 0 saturated heterocycles. The van der Waals surface area contributed by atoms with Gasteiger partial charge in [-0.15, -0.1) is 0 Å². The molecule has 0 saturated carbocycles. The van der Waals surface area contributed by atoms with Gasteiger partial charge in [0.2, 0.25) is 0 Å². The van der Waals surface area contributed by atoms with Crippen LogP contribution in [0.4, 0.5) is 0 Å². The van der Waals surface area contributed by atoms with Crippen LogP contribution in [0.15, 0.2) is 59.1 Å². The van der Waals surface area contributed by atoms with Crippen LogP contribution in [0, 0.1) is 5.92 Å². The number of Topliss-reactive ketones (excluding diaryl/α,β-unsaturated/α-hetero) is 1. The van der Waals surface area contributed by atoms with E-state index in [0.29, 0.717) is 12.3 Å². The van der Waals surface area contributed by atoms with Crippen molar-refractivity contribution in [1.29, 1.82) is 0 Å². The quantitative estimate of drug-likeness (QED) is 0.556. The van der Waals surface area contributed by atoms with E-state index in [1.54, 1.807) is 7.11 Å². The zero-order valence-electron chi connectivity index (χ0n) is 14.8. The van der Waals surface area contributed by atoms with Crippen LogP contribution in [0.2, 0.25) is 0 Å². The highest BCUT2D eigenvalue weighted by Gasteiger charge is 2.28. The van der Waals surface area contributed by atoms with Gasteiger partial charge in [0.05, 0.1) is 12.8 Å². The Bertz CT molecular complexity index is 955. The first-order valence-electron chi connectivity index (χ1n) is 8.75. The number of hydrogen-bond acceptors (Lipinski definition) is 2. The van der Waals surface area contributed by atoms with E-state index in [0.717, 1.165) is 44.8 Å². The van der Waals surface area contributed by atoms with Gasteiger partial charge in [0, 0.05) is 27.8 Å². The fraction of sp³-hybridized carbons (Fsp3) is 0.227. The topological polar surface area (TPSA) is 31.2 Å². The van der Waals surface area contributed by atoms with E-state index in [2.05, 4.69) is 45.6 Å². The van der Waals surface area contributed by atoms with Crippen molar-refractivity contribution < 1.29 is 9.53 Å². The zero-order chi connectivity index (χ0) is 18.3. The summed E-state index contributed by atoms with van der Waals surface area (Å²) in [6.07, 6.45) is 1.53. The Kier molecular flexibility index (Phi) is 4.45. The summed E-state index contributed by atoms with van der Waals surface area (Å²) in [5, 5.41) is 0. The lowest BCUT2D eigenvalue weighted by Gasteiger charge is -2.21. The highest BCUT2D eigenvalue weighted by atomic mass is 79.9. The van der Waals surface area contributed by atoms with Crippen molar-refractivity contribution in [2.75, 3.05) is 7.11 Å². The van der Waals surface area contributed by atoms with Gasteiger partial charge in [-0.2, -0.15) is 0 Å². The highest BCUT2D eigenvalue weighted by Crippen LogP contribution is 2.36. The number of ether oxygens (including phenoxy) is 1. The Morgan fingerprint density at radius 3 is 2.38 bits per heavy atom. The second-order valence-corrected chi connectivity index (χ2v) is 7.78. The Labute approximate surface area is 161 Å². The maximum absolute atomic E-state index is 12.6. The van der Waals surface area contributed by atoms with E-state index < -0.39 is 0 Å². The summed E-state index contributed by atoms with van der Waals surface area (Å²) < 4.78 is 8.56. The molecule has 2 aromatic carbocycles. The lowest BCUT2D eigenvalue weighted by Crippen LogP contribution is -2.19. The van der Waals surface area contributed by atoms with Gasteiger partial charge >= 0.3 is 0 Å². The number of rotatable bonds is 3. The molecule has 1 heterocycles. The Morgan fingerprint density at radius 1 is 1.04 bits per heavy atom. The van der Waals surface area contributed by atoms with Crippen LogP contribution in [0.1, 0.15) is 29.4 Å². The highest BCUT2D eigenvalue weighted by molar-refractivity contribution is 9.10. The minimum atomic E-state index is 0.240. The van der Waals surface area contributed by atoms with Crippen molar-refractivity contribution in [1.82, 2.24) is 4.57 Å². The van der Waals surface area contributed by atoms with Crippen molar-refractivity contribution in [3.8, 4) is 22.7 Å². The van der Waals surface area contributed by atoms with E-state index in [1.807, 2.05) is 36.4 Å². The molecule has 26 heavy (non-hydrogen) atoms. The number of benzene rings is 2. The first-order valence-corrected chi connectivity index (χ1v) is 9.54. The van der Waals surface area contributed by atoms with Gasteiger partial charge in [0.25, 0.3) is 0 Å². The van der Waals surface area contributed by atoms with Crippen molar-refractivity contribution in [3.63, 3.8) is 0 Å². The van der Waals surface area contributed by atoms with Gasteiger partial charge < -0.3 is 9.30 Å². The average molecular weight is 410 g/mol. The molecule has 1 atom stereocenters. The second-order valence-electron chi connectivity index (χ2n) is 6.87. The van der Waals surface area contributed by atoms with Crippen LogP contribution in [0.3, 0.4) is 0 Å². The molecular weight excluding hydrogens is 390 g/mol. The van der Waals surface area contributed by atoms with Crippen LogP contribution >= 0.6 is 15.9 Å². The normalized spacial score (nSPS) is 16.4. The number of methoxy groups -OCH3 is 1. The standard InChI is InChI=1S/C22H20BrNO2/c1-14-11-21-19(22(25)12-14)13-20(15-3-5-16(23)6-4-15)24(21)17-7-9-18(26-2)10-8-17/h3-10,13-14H,11-12H2,1-2H3/t14-/m1/s1. The summed E-state index contributed by atoms with van der Waals surface area (Å²) in [6.45, 7) is 2.14. The van der Waals surface area contributed by atoms with Gasteiger partial charge in [0.1, 0.15) is 5.75 Å². The van der Waals surface area contributed by atoms with Crippen LogP contribution in [0.25, 0.3) is 16.9 Å². The molecule has 0 fully saturated rings.